The minimum absolute atomic E-state index is 0.146. The molecule has 0 atom stereocenters. The molecule has 0 bridgehead atoms. The average molecular weight is 330 g/mol. The molecule has 0 radical (unpaired) electrons. The molecular formula is C15H21Cl2N3O. The number of hydrazine groups is 1. The van der Waals surface area contributed by atoms with Gasteiger partial charge < -0.3 is 15.9 Å². The topological polar surface area (TPSA) is 73.3 Å². The van der Waals surface area contributed by atoms with Gasteiger partial charge >= 0.3 is 0 Å². The lowest BCUT2D eigenvalue weighted by molar-refractivity contribution is 0.0725. The van der Waals surface area contributed by atoms with Crippen molar-refractivity contribution in [3.05, 3.63) is 45.4 Å². The Morgan fingerprint density at radius 2 is 1.86 bits per heavy atom. The molecule has 0 unspecified atom stereocenters. The predicted octanol–water partition coefficient (Wildman–Crippen LogP) is 3.65. The van der Waals surface area contributed by atoms with Gasteiger partial charge in [-0.15, -0.1) is 0 Å². The number of allylic oxidation sites excluding steroid dienone is 1. The molecule has 1 aromatic carbocycles. The van der Waals surface area contributed by atoms with Crippen molar-refractivity contribution in [3.8, 4) is 0 Å². The van der Waals surface area contributed by atoms with Gasteiger partial charge in [0.15, 0.2) is 0 Å². The Labute approximate surface area is 135 Å². The Balaban J connectivity index is 1.92. The second-order valence-corrected chi connectivity index (χ2v) is 6.21. The van der Waals surface area contributed by atoms with Crippen LogP contribution in [0, 0.1) is 0 Å². The fourth-order valence-electron chi connectivity index (χ4n) is 2.62. The van der Waals surface area contributed by atoms with Gasteiger partial charge in [0.25, 0.3) is 0 Å². The van der Waals surface area contributed by atoms with Crippen LogP contribution < -0.4 is 17.0 Å². The first kappa shape index (κ1) is 16.3. The summed E-state index contributed by atoms with van der Waals surface area (Å²) >= 11 is 12.0. The summed E-state index contributed by atoms with van der Waals surface area (Å²) in [5.74, 6) is 6.18. The lowest BCUT2D eigenvalue weighted by Crippen LogP contribution is -2.28. The zero-order valence-electron chi connectivity index (χ0n) is 12.0. The molecule has 2 rings (SSSR count). The Morgan fingerprint density at radius 3 is 2.43 bits per heavy atom. The molecule has 1 aliphatic carbocycles. The van der Waals surface area contributed by atoms with Gasteiger partial charge in [-0.2, -0.15) is 0 Å². The molecule has 0 spiro atoms. The Hall–Kier alpha value is -1.10. The van der Waals surface area contributed by atoms with Crippen molar-refractivity contribution in [3.63, 3.8) is 0 Å². The number of halogens is 2. The van der Waals surface area contributed by atoms with E-state index < -0.39 is 0 Å². The third-order valence-corrected chi connectivity index (χ3v) is 4.71. The third-order valence-electron chi connectivity index (χ3n) is 3.97. The second-order valence-electron chi connectivity index (χ2n) is 5.40. The number of nitrogens with one attached hydrogen (secondary N) is 1. The number of hydrogen-bond donors (Lipinski definition) is 3. The van der Waals surface area contributed by atoms with Crippen molar-refractivity contribution in [1.29, 1.82) is 0 Å². The highest BCUT2D eigenvalue weighted by Gasteiger charge is 2.24. The van der Waals surface area contributed by atoms with Crippen molar-refractivity contribution in [1.82, 2.24) is 5.43 Å². The summed E-state index contributed by atoms with van der Waals surface area (Å²) in [6.07, 6.45) is 4.16. The van der Waals surface area contributed by atoms with Gasteiger partial charge in [0, 0.05) is 0 Å². The van der Waals surface area contributed by atoms with Gasteiger partial charge in [0.05, 0.1) is 15.7 Å². The van der Waals surface area contributed by atoms with Crippen LogP contribution in [0.15, 0.2) is 29.8 Å². The van der Waals surface area contributed by atoms with E-state index in [2.05, 4.69) is 11.5 Å². The van der Waals surface area contributed by atoms with E-state index in [0.29, 0.717) is 27.5 Å². The van der Waals surface area contributed by atoms with Crippen LogP contribution in [0.1, 0.15) is 44.1 Å². The molecule has 0 aliphatic heterocycles. The maximum Gasteiger partial charge on any atom is 0.205 e. The van der Waals surface area contributed by atoms with Crippen LogP contribution in [0.5, 0.6) is 0 Å². The van der Waals surface area contributed by atoms with Gasteiger partial charge in [-0.25, -0.2) is 0 Å². The minimum Gasteiger partial charge on any atom is -0.475 e. The number of hydrogen-bond acceptors (Lipinski definition) is 4. The maximum absolute atomic E-state index is 6.08. The van der Waals surface area contributed by atoms with Crippen molar-refractivity contribution in [2.75, 3.05) is 0 Å². The largest absolute Gasteiger partial charge is 0.475 e. The second kappa shape index (κ2) is 7.25. The number of rotatable bonds is 4. The van der Waals surface area contributed by atoms with Gasteiger partial charge in [0.1, 0.15) is 6.10 Å². The molecule has 5 N–H and O–H groups in total. The van der Waals surface area contributed by atoms with Crippen LogP contribution in [-0.4, -0.2) is 6.10 Å². The fourth-order valence-corrected chi connectivity index (χ4v) is 2.93. The summed E-state index contributed by atoms with van der Waals surface area (Å²) in [6.45, 7) is 1.79. The smallest absolute Gasteiger partial charge is 0.205 e. The van der Waals surface area contributed by atoms with Crippen molar-refractivity contribution >= 4 is 23.2 Å². The molecule has 21 heavy (non-hydrogen) atoms. The molecule has 0 aromatic heterocycles. The van der Waals surface area contributed by atoms with Crippen LogP contribution >= 0.6 is 23.2 Å². The Bertz CT molecular complexity index is 526. The molecular weight excluding hydrogens is 309 g/mol. The van der Waals surface area contributed by atoms with E-state index >= 15 is 0 Å². The molecule has 1 saturated carbocycles. The summed E-state index contributed by atoms with van der Waals surface area (Å²) in [4.78, 5) is 0. The quantitative estimate of drug-likeness (QED) is 0.448. The lowest BCUT2D eigenvalue weighted by atomic mass is 9.83. The van der Waals surface area contributed by atoms with Crippen molar-refractivity contribution in [2.24, 2.45) is 11.6 Å². The molecule has 1 aromatic rings. The van der Waals surface area contributed by atoms with Gasteiger partial charge in [-0.3, -0.25) is 5.84 Å². The number of nitrogens with two attached hydrogens (primary N) is 2. The highest BCUT2D eigenvalue weighted by Crippen LogP contribution is 2.36. The fraction of sp³-hybridized carbons (Fsp3) is 0.467. The van der Waals surface area contributed by atoms with E-state index in [1.165, 1.54) is 5.56 Å². The minimum atomic E-state index is 0.146. The summed E-state index contributed by atoms with van der Waals surface area (Å²) in [5.41, 5.74) is 10.2. The zero-order chi connectivity index (χ0) is 15.4. The van der Waals surface area contributed by atoms with Crippen LogP contribution in [0.4, 0.5) is 0 Å². The van der Waals surface area contributed by atoms with Gasteiger partial charge in [0.2, 0.25) is 5.88 Å². The standard InChI is InChI=1S/C15H21Cl2N3O/c1-9(20-19)15(18)21-12-5-2-10(3-6-12)11-4-7-13(16)14(17)8-11/h4,7-8,10,12,20H,2-3,5-6,18-19H2,1H3/b15-9+. The van der Waals surface area contributed by atoms with Crippen molar-refractivity contribution < 1.29 is 4.74 Å². The highest BCUT2D eigenvalue weighted by molar-refractivity contribution is 6.42. The summed E-state index contributed by atoms with van der Waals surface area (Å²) in [5, 5.41) is 1.21. The normalized spacial score (nSPS) is 23.4. The van der Waals surface area contributed by atoms with Crippen LogP contribution in [0.2, 0.25) is 10.0 Å². The van der Waals surface area contributed by atoms with Crippen molar-refractivity contribution in [2.45, 2.75) is 44.6 Å². The number of ether oxygens (including phenoxy) is 1. The highest BCUT2D eigenvalue weighted by atomic mass is 35.5. The first-order valence-corrected chi connectivity index (χ1v) is 7.81. The van der Waals surface area contributed by atoms with E-state index in [1.54, 1.807) is 6.92 Å². The molecule has 1 fully saturated rings. The van der Waals surface area contributed by atoms with Gasteiger partial charge in [-0.1, -0.05) is 29.3 Å². The van der Waals surface area contributed by atoms with E-state index in [1.807, 2.05) is 12.1 Å². The first-order valence-electron chi connectivity index (χ1n) is 7.05. The average Bonchev–Trinajstić information content (AvgIpc) is 2.50. The molecule has 6 heteroatoms. The van der Waals surface area contributed by atoms with Crippen LogP contribution in [-0.2, 0) is 4.74 Å². The molecule has 0 amide bonds. The third kappa shape index (κ3) is 4.19. The molecule has 116 valence electrons. The summed E-state index contributed by atoms with van der Waals surface area (Å²) in [6, 6.07) is 5.88. The predicted molar refractivity (Wildman–Crippen MR) is 86.8 cm³/mol. The van der Waals surface area contributed by atoms with E-state index in [4.69, 9.17) is 39.5 Å². The Morgan fingerprint density at radius 1 is 1.19 bits per heavy atom. The monoisotopic (exact) mass is 329 g/mol. The summed E-state index contributed by atoms with van der Waals surface area (Å²) in [7, 11) is 0. The SMILES string of the molecule is C/C(NN)=C(/N)OC1CCC(c2ccc(Cl)c(Cl)c2)CC1. The Kier molecular flexibility index (Phi) is 5.62. The molecule has 4 nitrogen and oxygen atoms in total. The zero-order valence-corrected chi connectivity index (χ0v) is 13.5. The molecule has 0 saturated heterocycles. The van der Waals surface area contributed by atoms with Crippen LogP contribution in [0.25, 0.3) is 0 Å². The maximum atomic E-state index is 6.08. The number of benzene rings is 1. The molecule has 1 aliphatic rings. The van der Waals surface area contributed by atoms with Crippen LogP contribution in [0.3, 0.4) is 0 Å². The van der Waals surface area contributed by atoms with E-state index in [9.17, 15) is 0 Å². The lowest BCUT2D eigenvalue weighted by Gasteiger charge is -2.29. The van der Waals surface area contributed by atoms with Gasteiger partial charge in [-0.05, 0) is 56.2 Å². The summed E-state index contributed by atoms with van der Waals surface area (Å²) < 4.78 is 5.74. The van der Waals surface area contributed by atoms with E-state index in [0.717, 1.165) is 25.7 Å². The molecule has 0 heterocycles. The van der Waals surface area contributed by atoms with E-state index in [-0.39, 0.29) is 6.10 Å². The first-order chi connectivity index (χ1) is 10.0.